The fraction of sp³-hybridized carbons (Fsp3) is 0.312. The molecular weight excluding hydrogens is 296 g/mol. The van der Waals surface area contributed by atoms with Crippen LogP contribution in [0, 0.1) is 6.92 Å². The van der Waals surface area contributed by atoms with Crippen molar-refractivity contribution in [3.05, 3.63) is 36.2 Å². The first-order valence-corrected chi connectivity index (χ1v) is 7.14. The van der Waals surface area contributed by atoms with Gasteiger partial charge < -0.3 is 15.2 Å². The molecule has 7 heteroatoms. The highest BCUT2D eigenvalue weighted by molar-refractivity contribution is 5.92. The molecule has 0 aliphatic carbocycles. The van der Waals surface area contributed by atoms with Crippen LogP contribution in [0.25, 0.3) is 11.0 Å². The highest BCUT2D eigenvalue weighted by Crippen LogP contribution is 2.32. The first-order valence-electron chi connectivity index (χ1n) is 7.14. The summed E-state index contributed by atoms with van der Waals surface area (Å²) in [7, 11) is 0. The quantitative estimate of drug-likeness (QED) is 0.673. The predicted molar refractivity (Wildman–Crippen MR) is 88.3 cm³/mol. The van der Waals surface area contributed by atoms with Gasteiger partial charge in [0.25, 0.3) is 0 Å². The van der Waals surface area contributed by atoms with E-state index in [0.29, 0.717) is 29.0 Å². The molecule has 0 fully saturated rings. The zero-order chi connectivity index (χ0) is 17.0. The van der Waals surface area contributed by atoms with E-state index in [1.807, 2.05) is 19.9 Å². The number of pyridine rings is 1. The van der Waals surface area contributed by atoms with Crippen LogP contribution in [0.4, 0.5) is 10.5 Å². The second kappa shape index (κ2) is 6.95. The van der Waals surface area contributed by atoms with Gasteiger partial charge in [0.05, 0.1) is 29.5 Å². The molecule has 2 aromatic rings. The van der Waals surface area contributed by atoms with Crippen molar-refractivity contribution in [3.63, 3.8) is 0 Å². The van der Waals surface area contributed by atoms with Gasteiger partial charge in [-0.1, -0.05) is 24.3 Å². The fourth-order valence-corrected chi connectivity index (χ4v) is 1.98. The second-order valence-electron chi connectivity index (χ2n) is 5.24. The Hall–Kier alpha value is -2.83. The predicted octanol–water partition coefficient (Wildman–Crippen LogP) is 2.99. The largest absolute Gasteiger partial charge is 0.514 e. The molecule has 122 valence electrons. The molecule has 0 amide bonds. The Morgan fingerprint density at radius 1 is 1.48 bits per heavy atom. The summed E-state index contributed by atoms with van der Waals surface area (Å²) in [5, 5.41) is 4.91. The van der Waals surface area contributed by atoms with Crippen LogP contribution in [0.15, 0.2) is 30.5 Å². The lowest BCUT2D eigenvalue weighted by molar-refractivity contribution is 0.109. The highest BCUT2D eigenvalue weighted by Gasteiger charge is 2.18. The normalized spacial score (nSPS) is 10.4. The molecule has 23 heavy (non-hydrogen) atoms. The molecule has 7 nitrogen and oxygen atoms in total. The smallest absolute Gasteiger partial charge is 0.430 e. The van der Waals surface area contributed by atoms with Crippen molar-refractivity contribution in [1.82, 2.24) is 14.8 Å². The van der Waals surface area contributed by atoms with Gasteiger partial charge in [0.1, 0.15) is 6.61 Å². The van der Waals surface area contributed by atoms with Gasteiger partial charge in [0, 0.05) is 0 Å². The number of nitrogen functional groups attached to an aromatic ring is 1. The zero-order valence-corrected chi connectivity index (χ0v) is 13.5. The number of rotatable bonds is 5. The van der Waals surface area contributed by atoms with Gasteiger partial charge in [0.15, 0.2) is 11.4 Å². The van der Waals surface area contributed by atoms with Gasteiger partial charge >= 0.3 is 6.16 Å². The van der Waals surface area contributed by atoms with Gasteiger partial charge in [-0.2, -0.15) is 5.10 Å². The molecule has 0 aromatic carbocycles. The molecule has 0 radical (unpaired) electrons. The van der Waals surface area contributed by atoms with E-state index in [-0.39, 0.29) is 12.4 Å². The van der Waals surface area contributed by atoms with Crippen LogP contribution >= 0.6 is 0 Å². The number of nitrogens with zero attached hydrogens (tertiary/aromatic N) is 3. The summed E-state index contributed by atoms with van der Waals surface area (Å²) in [5.74, 6) is 0.188. The van der Waals surface area contributed by atoms with Crippen LogP contribution in [-0.4, -0.2) is 27.5 Å². The van der Waals surface area contributed by atoms with Crippen molar-refractivity contribution in [2.45, 2.75) is 27.3 Å². The van der Waals surface area contributed by atoms with E-state index in [9.17, 15) is 4.79 Å². The van der Waals surface area contributed by atoms with Crippen molar-refractivity contribution in [3.8, 4) is 5.75 Å². The molecule has 2 N–H and O–H groups in total. The van der Waals surface area contributed by atoms with Gasteiger partial charge in [0.2, 0.25) is 0 Å². The van der Waals surface area contributed by atoms with E-state index < -0.39 is 6.16 Å². The van der Waals surface area contributed by atoms with Crippen LogP contribution in [-0.2, 0) is 11.3 Å². The Labute approximate surface area is 134 Å². The minimum Gasteiger partial charge on any atom is -0.430 e. The molecule has 0 atom stereocenters. The summed E-state index contributed by atoms with van der Waals surface area (Å²) in [6.07, 6.45) is 4.25. The van der Waals surface area contributed by atoms with Crippen LogP contribution in [0.2, 0.25) is 0 Å². The minimum absolute atomic E-state index is 0.0636. The summed E-state index contributed by atoms with van der Waals surface area (Å²) < 4.78 is 11.7. The number of aryl methyl sites for hydroxylation is 1. The molecule has 0 saturated carbocycles. The first-order chi connectivity index (χ1) is 10.9. The van der Waals surface area contributed by atoms with Crippen molar-refractivity contribution >= 4 is 22.9 Å². The Kier molecular flexibility index (Phi) is 5.00. The van der Waals surface area contributed by atoms with E-state index >= 15 is 0 Å². The number of anilines is 1. The number of hydrogen-bond donors (Lipinski definition) is 1. The van der Waals surface area contributed by atoms with E-state index in [2.05, 4.69) is 16.7 Å². The highest BCUT2D eigenvalue weighted by atomic mass is 16.7. The van der Waals surface area contributed by atoms with Crippen molar-refractivity contribution in [2.75, 3.05) is 12.3 Å². The number of ether oxygens (including phenoxy) is 2. The van der Waals surface area contributed by atoms with Crippen LogP contribution in [0.5, 0.6) is 5.75 Å². The Morgan fingerprint density at radius 2 is 2.22 bits per heavy atom. The molecular formula is C16H20N4O3. The van der Waals surface area contributed by atoms with E-state index in [1.165, 1.54) is 11.6 Å². The second-order valence-corrected chi connectivity index (χ2v) is 5.24. The summed E-state index contributed by atoms with van der Waals surface area (Å²) in [4.78, 5) is 16.0. The summed E-state index contributed by atoms with van der Waals surface area (Å²) in [5.41, 5.74) is 8.73. The number of hydrogen-bond acceptors (Lipinski definition) is 6. The summed E-state index contributed by atoms with van der Waals surface area (Å²) >= 11 is 0. The Morgan fingerprint density at radius 3 is 2.87 bits per heavy atom. The van der Waals surface area contributed by atoms with E-state index in [1.54, 1.807) is 17.8 Å². The maximum absolute atomic E-state index is 11.6. The number of allylic oxidation sites excluding steroid dienone is 2. The Balaban J connectivity index is 2.36. The third-order valence-electron chi connectivity index (χ3n) is 3.13. The first kappa shape index (κ1) is 16.5. The molecule has 2 rings (SSSR count). The maximum atomic E-state index is 11.6. The summed E-state index contributed by atoms with van der Waals surface area (Å²) in [6, 6.07) is 0. The van der Waals surface area contributed by atoms with Crippen molar-refractivity contribution in [2.24, 2.45) is 0 Å². The van der Waals surface area contributed by atoms with Crippen molar-refractivity contribution in [1.29, 1.82) is 0 Å². The molecule has 0 aliphatic heterocycles. The lowest BCUT2D eigenvalue weighted by atomic mass is 10.2. The number of fused-ring (bicyclic) bond motifs is 1. The van der Waals surface area contributed by atoms with E-state index in [4.69, 9.17) is 15.2 Å². The van der Waals surface area contributed by atoms with Crippen LogP contribution in [0.3, 0.4) is 0 Å². The fourth-order valence-electron chi connectivity index (χ4n) is 1.98. The van der Waals surface area contributed by atoms with Gasteiger partial charge in [-0.3, -0.25) is 0 Å². The average molecular weight is 316 g/mol. The zero-order valence-electron chi connectivity index (χ0n) is 13.5. The lowest BCUT2D eigenvalue weighted by Gasteiger charge is -2.10. The number of nitrogens with two attached hydrogens (primary N) is 1. The van der Waals surface area contributed by atoms with Gasteiger partial charge in [-0.15, -0.1) is 0 Å². The number of carbonyl (C=O) groups excluding carboxylic acids is 1. The van der Waals surface area contributed by atoms with Crippen molar-refractivity contribution < 1.29 is 14.3 Å². The summed E-state index contributed by atoms with van der Waals surface area (Å²) in [6.45, 7) is 9.86. The van der Waals surface area contributed by atoms with Gasteiger partial charge in [-0.05, 0) is 20.8 Å². The lowest BCUT2D eigenvalue weighted by Crippen LogP contribution is -2.13. The third-order valence-corrected chi connectivity index (χ3v) is 3.13. The van der Waals surface area contributed by atoms with Crippen LogP contribution < -0.4 is 10.5 Å². The molecule has 2 aromatic heterocycles. The third kappa shape index (κ3) is 3.68. The topological polar surface area (TPSA) is 92.3 Å². The Bertz CT molecular complexity index is 773. The minimum atomic E-state index is -0.849. The van der Waals surface area contributed by atoms with Crippen LogP contribution in [0.1, 0.15) is 19.5 Å². The molecule has 0 spiro atoms. The molecule has 2 heterocycles. The maximum Gasteiger partial charge on any atom is 0.514 e. The van der Waals surface area contributed by atoms with E-state index in [0.717, 1.165) is 0 Å². The SMILES string of the molecule is C=CCOC(=O)Oc1c(C)nc2c(cnn2CC=C(C)C)c1N. The van der Waals surface area contributed by atoms with Gasteiger partial charge in [-0.25, -0.2) is 14.5 Å². The molecule has 0 aliphatic rings. The standard InChI is InChI=1S/C16H20N4O3/c1-5-8-22-16(21)23-14-11(4)19-15-12(13(14)17)9-18-20(15)7-6-10(2)3/h5-6,9H,1,7-8H2,2-4H3,(H2,17,19). The molecule has 0 saturated heterocycles. The number of carbonyl (C=O) groups is 1. The average Bonchev–Trinajstić information content (AvgIpc) is 2.90. The molecule has 0 bridgehead atoms. The molecule has 0 unspecified atom stereocenters. The number of aromatic nitrogens is 3. The monoisotopic (exact) mass is 316 g/mol.